The minimum Gasteiger partial charge on any atom is -0.465 e. The number of aryl methyl sites for hydroxylation is 1. The summed E-state index contributed by atoms with van der Waals surface area (Å²) in [6.07, 6.45) is 0. The number of rotatable bonds is 7. The molecule has 2 aromatic carbocycles. The summed E-state index contributed by atoms with van der Waals surface area (Å²) < 4.78 is 41.8. The van der Waals surface area contributed by atoms with Gasteiger partial charge in [0.1, 0.15) is 6.54 Å². The zero-order chi connectivity index (χ0) is 22.6. The molecule has 0 aliphatic heterocycles. The second-order valence-corrected chi connectivity index (χ2v) is 9.17. The summed E-state index contributed by atoms with van der Waals surface area (Å²) in [4.78, 5) is 24.4. The van der Waals surface area contributed by atoms with Crippen molar-refractivity contribution in [3.05, 3.63) is 58.4 Å². The normalized spacial score (nSPS) is 12.2. The highest BCUT2D eigenvalue weighted by molar-refractivity contribution is 7.90. The van der Waals surface area contributed by atoms with Crippen molar-refractivity contribution in [3.63, 3.8) is 0 Å². The molecule has 3 aromatic rings. The molecule has 0 spiro atoms. The molecule has 0 aliphatic carbocycles. The third-order valence-corrected chi connectivity index (χ3v) is 6.74. The topological polar surface area (TPSA) is 104 Å². The fourth-order valence-corrected chi connectivity index (χ4v) is 5.11. The number of carbonyl (C=O) groups is 2. The van der Waals surface area contributed by atoms with Crippen LogP contribution in [-0.4, -0.2) is 38.1 Å². The monoisotopic (exact) mass is 462 g/mol. The van der Waals surface area contributed by atoms with Crippen LogP contribution in [0, 0.1) is 6.92 Å². The molecule has 1 aromatic heterocycles. The Balaban J connectivity index is 2.17. The Hall–Kier alpha value is -2.98. The molecule has 0 amide bonds. The molecular weight excluding hydrogens is 440 g/mol. The molecular formula is C21H22N2O6S2. The van der Waals surface area contributed by atoms with Crippen molar-refractivity contribution in [2.75, 3.05) is 13.2 Å². The number of aromatic nitrogens is 1. The highest BCUT2D eigenvalue weighted by Crippen LogP contribution is 2.21. The number of sulfonamides is 1. The Kier molecular flexibility index (Phi) is 6.91. The number of nitrogens with zero attached hydrogens (tertiary/aromatic N) is 2. The molecule has 0 fully saturated rings. The molecule has 8 nitrogen and oxygen atoms in total. The van der Waals surface area contributed by atoms with E-state index in [0.717, 1.165) is 16.9 Å². The van der Waals surface area contributed by atoms with Crippen molar-refractivity contribution in [2.45, 2.75) is 32.2 Å². The summed E-state index contributed by atoms with van der Waals surface area (Å²) in [5, 5.41) is 0. The molecule has 0 N–H and O–H groups in total. The largest absolute Gasteiger partial charge is 0.465 e. The van der Waals surface area contributed by atoms with Crippen LogP contribution in [0.2, 0.25) is 0 Å². The second-order valence-electron chi connectivity index (χ2n) is 6.56. The highest BCUT2D eigenvalue weighted by atomic mass is 32.2. The SMILES string of the molecule is CCOC(=O)Cn1/c(=N/S(=O)(=O)c2ccc(C)cc2)sc2cc(C(=O)OCC)ccc21. The molecule has 0 bridgehead atoms. The predicted octanol–water partition coefficient (Wildman–Crippen LogP) is 3.04. The van der Waals surface area contributed by atoms with Crippen LogP contribution in [0.25, 0.3) is 10.2 Å². The van der Waals surface area contributed by atoms with Crippen molar-refractivity contribution in [2.24, 2.45) is 4.40 Å². The first-order valence-electron chi connectivity index (χ1n) is 9.59. The van der Waals surface area contributed by atoms with E-state index in [9.17, 15) is 18.0 Å². The minimum atomic E-state index is -4.01. The lowest BCUT2D eigenvalue weighted by molar-refractivity contribution is -0.143. The lowest BCUT2D eigenvalue weighted by Gasteiger charge is -2.06. The maximum Gasteiger partial charge on any atom is 0.338 e. The Morgan fingerprint density at radius 1 is 1.03 bits per heavy atom. The predicted molar refractivity (Wildman–Crippen MR) is 116 cm³/mol. The van der Waals surface area contributed by atoms with Crippen molar-refractivity contribution < 1.29 is 27.5 Å². The van der Waals surface area contributed by atoms with E-state index in [2.05, 4.69) is 4.40 Å². The van der Waals surface area contributed by atoms with Gasteiger partial charge in [0.05, 0.1) is 33.9 Å². The fourth-order valence-electron chi connectivity index (χ4n) is 2.84. The van der Waals surface area contributed by atoms with Gasteiger partial charge >= 0.3 is 11.9 Å². The van der Waals surface area contributed by atoms with E-state index in [0.29, 0.717) is 15.8 Å². The first-order chi connectivity index (χ1) is 14.7. The van der Waals surface area contributed by atoms with E-state index < -0.39 is 22.0 Å². The first kappa shape index (κ1) is 22.7. The molecule has 164 valence electrons. The van der Waals surface area contributed by atoms with E-state index in [4.69, 9.17) is 9.47 Å². The Labute approximate surface area is 183 Å². The van der Waals surface area contributed by atoms with Crippen LogP contribution in [-0.2, 0) is 30.8 Å². The van der Waals surface area contributed by atoms with E-state index in [-0.39, 0.29) is 29.5 Å². The average molecular weight is 463 g/mol. The summed E-state index contributed by atoms with van der Waals surface area (Å²) in [5.74, 6) is -1.01. The van der Waals surface area contributed by atoms with Gasteiger partial charge in [-0.15, -0.1) is 4.40 Å². The number of benzene rings is 2. The minimum absolute atomic E-state index is 0.0467. The van der Waals surface area contributed by atoms with Crippen LogP contribution >= 0.6 is 11.3 Å². The highest BCUT2D eigenvalue weighted by Gasteiger charge is 2.18. The van der Waals surface area contributed by atoms with E-state index >= 15 is 0 Å². The number of hydrogen-bond donors (Lipinski definition) is 0. The van der Waals surface area contributed by atoms with Crippen molar-refractivity contribution in [3.8, 4) is 0 Å². The number of carbonyl (C=O) groups excluding carboxylic acids is 2. The maximum absolute atomic E-state index is 12.9. The number of ether oxygens (including phenoxy) is 2. The van der Waals surface area contributed by atoms with Crippen LogP contribution < -0.4 is 4.80 Å². The van der Waals surface area contributed by atoms with Crippen LogP contribution in [0.1, 0.15) is 29.8 Å². The molecule has 0 saturated carbocycles. The van der Waals surface area contributed by atoms with E-state index in [1.165, 1.54) is 16.7 Å². The Bertz CT molecular complexity index is 1290. The molecule has 31 heavy (non-hydrogen) atoms. The standard InChI is InChI=1S/C21H22N2O6S2/c1-4-28-19(24)13-23-17-11-8-15(20(25)29-5-2)12-18(17)30-21(23)22-31(26,27)16-9-6-14(3)7-10-16/h6-12H,4-5,13H2,1-3H3/b22-21-. The van der Waals surface area contributed by atoms with Gasteiger partial charge in [-0.3, -0.25) is 4.79 Å². The summed E-state index contributed by atoms with van der Waals surface area (Å²) in [6.45, 7) is 5.47. The van der Waals surface area contributed by atoms with Crippen molar-refractivity contribution in [1.82, 2.24) is 4.57 Å². The molecule has 0 aliphatic rings. The van der Waals surface area contributed by atoms with Gasteiger partial charge in [0.25, 0.3) is 10.0 Å². The van der Waals surface area contributed by atoms with Gasteiger partial charge in [-0.2, -0.15) is 8.42 Å². The van der Waals surface area contributed by atoms with Crippen LogP contribution in [0.4, 0.5) is 0 Å². The lowest BCUT2D eigenvalue weighted by Crippen LogP contribution is -2.23. The molecule has 3 rings (SSSR count). The molecule has 0 unspecified atom stereocenters. The summed E-state index contributed by atoms with van der Waals surface area (Å²) in [6, 6.07) is 11.1. The maximum atomic E-state index is 12.9. The van der Waals surface area contributed by atoms with Gasteiger partial charge in [-0.25, -0.2) is 4.79 Å². The molecule has 0 radical (unpaired) electrons. The lowest BCUT2D eigenvalue weighted by atomic mass is 10.2. The van der Waals surface area contributed by atoms with Crippen molar-refractivity contribution in [1.29, 1.82) is 0 Å². The zero-order valence-corrected chi connectivity index (χ0v) is 19.0. The molecule has 0 atom stereocenters. The second kappa shape index (κ2) is 9.44. The van der Waals surface area contributed by atoms with Gasteiger partial charge in [-0.05, 0) is 51.1 Å². The number of fused-ring (bicyclic) bond motifs is 1. The molecule has 10 heteroatoms. The number of esters is 2. The van der Waals surface area contributed by atoms with Gasteiger partial charge in [0.2, 0.25) is 4.80 Å². The molecule has 1 heterocycles. The number of hydrogen-bond acceptors (Lipinski definition) is 7. The van der Waals surface area contributed by atoms with Gasteiger partial charge in [0, 0.05) is 0 Å². The summed E-state index contributed by atoms with van der Waals surface area (Å²) >= 11 is 1.06. The van der Waals surface area contributed by atoms with E-state index in [1.54, 1.807) is 44.2 Å². The smallest absolute Gasteiger partial charge is 0.338 e. The van der Waals surface area contributed by atoms with E-state index in [1.807, 2.05) is 6.92 Å². The first-order valence-corrected chi connectivity index (χ1v) is 11.8. The third kappa shape index (κ3) is 5.20. The van der Waals surface area contributed by atoms with Gasteiger partial charge < -0.3 is 14.0 Å². The van der Waals surface area contributed by atoms with Gasteiger partial charge in [-0.1, -0.05) is 29.0 Å². The Morgan fingerprint density at radius 2 is 1.71 bits per heavy atom. The Morgan fingerprint density at radius 3 is 2.35 bits per heavy atom. The fraction of sp³-hybridized carbons (Fsp3) is 0.286. The summed E-state index contributed by atoms with van der Waals surface area (Å²) in [5.41, 5.74) is 1.81. The zero-order valence-electron chi connectivity index (χ0n) is 17.3. The van der Waals surface area contributed by atoms with Crippen molar-refractivity contribution >= 4 is 43.5 Å². The average Bonchev–Trinajstić information content (AvgIpc) is 3.04. The quantitative estimate of drug-likeness (QED) is 0.500. The van der Waals surface area contributed by atoms with Crippen LogP contribution in [0.15, 0.2) is 51.8 Å². The molecule has 0 saturated heterocycles. The number of thiazole rings is 1. The third-order valence-electron chi connectivity index (χ3n) is 4.30. The summed E-state index contributed by atoms with van der Waals surface area (Å²) in [7, 11) is -4.01. The van der Waals surface area contributed by atoms with Crippen LogP contribution in [0.3, 0.4) is 0 Å². The van der Waals surface area contributed by atoms with Gasteiger partial charge in [0.15, 0.2) is 0 Å². The van der Waals surface area contributed by atoms with Crippen LogP contribution in [0.5, 0.6) is 0 Å².